The molecule has 0 aliphatic rings. The highest BCUT2D eigenvalue weighted by molar-refractivity contribution is 5.89. The first kappa shape index (κ1) is 15.5. The van der Waals surface area contributed by atoms with Crippen LogP contribution < -0.4 is 4.90 Å². The van der Waals surface area contributed by atoms with Crippen molar-refractivity contribution in [2.75, 3.05) is 11.9 Å². The molecule has 0 bridgehead atoms. The number of hydrogen-bond donors (Lipinski definition) is 0. The van der Waals surface area contributed by atoms with Crippen LogP contribution in [0.4, 0.5) is 10.1 Å². The number of nitrogens with zero attached hydrogens (tertiary/aromatic N) is 2. The largest absolute Gasteiger partial charge is 0.370 e. The highest BCUT2D eigenvalue weighted by Crippen LogP contribution is 2.33. The highest BCUT2D eigenvalue weighted by atomic mass is 19.1. The maximum atomic E-state index is 13.3. The molecule has 118 valence electrons. The van der Waals surface area contributed by atoms with Crippen LogP contribution >= 0.6 is 0 Å². The lowest BCUT2D eigenvalue weighted by atomic mass is 10.0. The normalized spacial score (nSPS) is 12.3. The summed E-state index contributed by atoms with van der Waals surface area (Å²) in [6.07, 6.45) is 1.05. The fourth-order valence-corrected chi connectivity index (χ4v) is 2.71. The van der Waals surface area contributed by atoms with Gasteiger partial charge in [-0.15, -0.1) is 0 Å². The molecule has 0 saturated carbocycles. The smallest absolute Gasteiger partial charge is 0.123 e. The molecule has 0 unspecified atom stereocenters. The van der Waals surface area contributed by atoms with E-state index in [1.165, 1.54) is 12.1 Å². The summed E-state index contributed by atoms with van der Waals surface area (Å²) >= 11 is 0. The summed E-state index contributed by atoms with van der Waals surface area (Å²) in [4.78, 5) is 7.10. The lowest BCUT2D eigenvalue weighted by Gasteiger charge is -2.28. The van der Waals surface area contributed by atoms with E-state index in [2.05, 4.69) is 37.9 Å². The predicted octanol–water partition coefficient (Wildman–Crippen LogP) is 5.28. The second-order valence-electron chi connectivity index (χ2n) is 5.92. The molecule has 0 N–H and O–H groups in total. The summed E-state index contributed by atoms with van der Waals surface area (Å²) in [7, 11) is 2.09. The van der Waals surface area contributed by atoms with Gasteiger partial charge in [0.2, 0.25) is 0 Å². The third-order valence-corrected chi connectivity index (χ3v) is 4.45. The Morgan fingerprint density at radius 1 is 1.09 bits per heavy atom. The molecule has 0 fully saturated rings. The van der Waals surface area contributed by atoms with Crippen LogP contribution in [-0.4, -0.2) is 18.1 Å². The van der Waals surface area contributed by atoms with Crippen LogP contribution in [0.2, 0.25) is 0 Å². The minimum atomic E-state index is -0.230. The molecule has 0 saturated heterocycles. The Hall–Kier alpha value is -2.42. The predicted molar refractivity (Wildman–Crippen MR) is 95.3 cm³/mol. The maximum absolute atomic E-state index is 13.3. The van der Waals surface area contributed by atoms with Gasteiger partial charge in [-0.2, -0.15) is 0 Å². The number of hydrogen-bond acceptors (Lipinski definition) is 2. The fraction of sp³-hybridized carbons (Fsp3) is 0.250. The Labute approximate surface area is 136 Å². The van der Waals surface area contributed by atoms with Crippen LogP contribution in [-0.2, 0) is 0 Å². The van der Waals surface area contributed by atoms with Crippen molar-refractivity contribution < 1.29 is 4.39 Å². The molecule has 2 nitrogen and oxygen atoms in total. The zero-order valence-electron chi connectivity index (χ0n) is 13.8. The highest BCUT2D eigenvalue weighted by Gasteiger charge is 2.16. The van der Waals surface area contributed by atoms with Crippen LogP contribution in [0.3, 0.4) is 0 Å². The van der Waals surface area contributed by atoms with Gasteiger partial charge < -0.3 is 4.90 Å². The molecule has 3 rings (SSSR count). The molecule has 0 spiro atoms. The fourth-order valence-electron chi connectivity index (χ4n) is 2.71. The van der Waals surface area contributed by atoms with Crippen LogP contribution in [0.25, 0.3) is 22.2 Å². The second kappa shape index (κ2) is 6.37. The SMILES string of the molecule is CC[C@H](C)N(C)c1cc2ccccc2nc1-c1ccc(F)cc1. The van der Waals surface area contributed by atoms with Gasteiger partial charge in [0, 0.05) is 24.0 Å². The lowest BCUT2D eigenvalue weighted by molar-refractivity contribution is 0.628. The summed E-state index contributed by atoms with van der Waals surface area (Å²) in [6, 6.07) is 17.2. The number of pyridine rings is 1. The van der Waals surface area contributed by atoms with Crippen LogP contribution in [0.15, 0.2) is 54.6 Å². The topological polar surface area (TPSA) is 16.1 Å². The Morgan fingerprint density at radius 2 is 1.78 bits per heavy atom. The van der Waals surface area contributed by atoms with Gasteiger partial charge in [-0.25, -0.2) is 9.37 Å². The van der Waals surface area contributed by atoms with Crippen molar-refractivity contribution in [1.29, 1.82) is 0 Å². The standard InChI is InChI=1S/C20H21FN2/c1-4-14(2)23(3)19-13-16-7-5-6-8-18(16)22-20(19)15-9-11-17(21)12-10-15/h5-14H,4H2,1-3H3/t14-/m0/s1. The van der Waals surface area contributed by atoms with Crippen molar-refractivity contribution in [3.63, 3.8) is 0 Å². The summed E-state index contributed by atoms with van der Waals surface area (Å²) < 4.78 is 13.3. The molecule has 1 atom stereocenters. The number of fused-ring (bicyclic) bond motifs is 1. The minimum Gasteiger partial charge on any atom is -0.370 e. The van der Waals surface area contributed by atoms with E-state index in [9.17, 15) is 4.39 Å². The quantitative estimate of drug-likeness (QED) is 0.652. The van der Waals surface area contributed by atoms with E-state index in [1.807, 2.05) is 18.2 Å². The van der Waals surface area contributed by atoms with Crippen LogP contribution in [0.5, 0.6) is 0 Å². The molecule has 2 aromatic carbocycles. The Bertz CT molecular complexity index is 811. The van der Waals surface area contributed by atoms with Crippen molar-refractivity contribution in [3.8, 4) is 11.3 Å². The monoisotopic (exact) mass is 308 g/mol. The van der Waals surface area contributed by atoms with Crippen LogP contribution in [0, 0.1) is 5.82 Å². The van der Waals surface area contributed by atoms with Gasteiger partial charge in [-0.3, -0.25) is 0 Å². The minimum absolute atomic E-state index is 0.230. The first-order valence-corrected chi connectivity index (χ1v) is 7.98. The summed E-state index contributed by atoms with van der Waals surface area (Å²) in [5, 5.41) is 1.11. The molecule has 3 heteroatoms. The van der Waals surface area contributed by atoms with E-state index in [0.29, 0.717) is 6.04 Å². The molecule has 0 aliphatic carbocycles. The maximum Gasteiger partial charge on any atom is 0.123 e. The van der Waals surface area contributed by atoms with E-state index < -0.39 is 0 Å². The number of para-hydroxylation sites is 1. The van der Waals surface area contributed by atoms with Crippen molar-refractivity contribution in [2.45, 2.75) is 26.3 Å². The average molecular weight is 308 g/mol. The number of anilines is 1. The van der Waals surface area contributed by atoms with Crippen molar-refractivity contribution in [2.24, 2.45) is 0 Å². The molecule has 0 aliphatic heterocycles. The molecule has 1 heterocycles. The van der Waals surface area contributed by atoms with Gasteiger partial charge in [0.15, 0.2) is 0 Å². The van der Waals surface area contributed by atoms with Crippen molar-refractivity contribution >= 4 is 16.6 Å². The molecule has 0 radical (unpaired) electrons. The zero-order valence-corrected chi connectivity index (χ0v) is 13.8. The molecule has 23 heavy (non-hydrogen) atoms. The van der Waals surface area contributed by atoms with E-state index in [4.69, 9.17) is 4.98 Å². The Morgan fingerprint density at radius 3 is 2.48 bits per heavy atom. The Balaban J connectivity index is 2.22. The van der Waals surface area contributed by atoms with E-state index in [0.717, 1.165) is 34.3 Å². The number of rotatable bonds is 4. The third kappa shape index (κ3) is 3.04. The number of halogens is 1. The number of benzene rings is 2. The van der Waals surface area contributed by atoms with Gasteiger partial charge >= 0.3 is 0 Å². The third-order valence-electron chi connectivity index (χ3n) is 4.45. The molecular formula is C20H21FN2. The number of aromatic nitrogens is 1. The van der Waals surface area contributed by atoms with E-state index in [1.54, 1.807) is 12.1 Å². The first-order chi connectivity index (χ1) is 11.1. The lowest BCUT2D eigenvalue weighted by Crippen LogP contribution is -2.28. The summed E-state index contributed by atoms with van der Waals surface area (Å²) in [6.45, 7) is 4.37. The van der Waals surface area contributed by atoms with Crippen molar-refractivity contribution in [3.05, 3.63) is 60.4 Å². The van der Waals surface area contributed by atoms with E-state index >= 15 is 0 Å². The summed E-state index contributed by atoms with van der Waals surface area (Å²) in [5.74, 6) is -0.230. The van der Waals surface area contributed by atoms with Crippen LogP contribution in [0.1, 0.15) is 20.3 Å². The van der Waals surface area contributed by atoms with E-state index in [-0.39, 0.29) is 5.82 Å². The van der Waals surface area contributed by atoms with Gasteiger partial charge in [-0.05, 0) is 49.7 Å². The van der Waals surface area contributed by atoms with Gasteiger partial charge in [0.05, 0.1) is 16.9 Å². The molecule has 0 amide bonds. The molecule has 3 aromatic rings. The molecular weight excluding hydrogens is 287 g/mol. The zero-order chi connectivity index (χ0) is 16.4. The van der Waals surface area contributed by atoms with Gasteiger partial charge in [0.25, 0.3) is 0 Å². The van der Waals surface area contributed by atoms with Gasteiger partial charge in [0.1, 0.15) is 5.82 Å². The second-order valence-corrected chi connectivity index (χ2v) is 5.92. The first-order valence-electron chi connectivity index (χ1n) is 7.98. The molecule has 1 aromatic heterocycles. The summed E-state index contributed by atoms with van der Waals surface area (Å²) in [5.41, 5.74) is 3.85. The van der Waals surface area contributed by atoms with Crippen molar-refractivity contribution in [1.82, 2.24) is 4.98 Å². The Kier molecular flexibility index (Phi) is 4.28. The average Bonchev–Trinajstić information content (AvgIpc) is 2.60. The van der Waals surface area contributed by atoms with Gasteiger partial charge in [-0.1, -0.05) is 25.1 Å².